The summed E-state index contributed by atoms with van der Waals surface area (Å²) in [6.07, 6.45) is 0.158. The minimum atomic E-state index is -1.04. The van der Waals surface area contributed by atoms with Crippen LogP contribution in [0.15, 0.2) is 48.5 Å². The standard InChI is InChI=1S/C18H16N2O4/c1-24-12-8-6-11(7-9-12)10-15(16(19)21)20-17(22)13-4-2-3-5-14(13)18(20)23/h2-9,15H,10H2,1H3,(H2,19,21)/t15-/m0/s1. The molecule has 2 N–H and O–H groups in total. The van der Waals surface area contributed by atoms with E-state index in [1.807, 2.05) is 0 Å². The summed E-state index contributed by atoms with van der Waals surface area (Å²) in [6, 6.07) is 12.5. The third-order valence-electron chi connectivity index (χ3n) is 4.05. The predicted molar refractivity (Wildman–Crippen MR) is 86.6 cm³/mol. The van der Waals surface area contributed by atoms with E-state index in [2.05, 4.69) is 0 Å². The SMILES string of the molecule is COc1ccc(C[C@@H](C(N)=O)N2C(=O)c3ccccc3C2=O)cc1. The van der Waals surface area contributed by atoms with E-state index in [4.69, 9.17) is 10.5 Å². The van der Waals surface area contributed by atoms with Crippen LogP contribution in [0.4, 0.5) is 0 Å². The molecule has 3 rings (SSSR count). The van der Waals surface area contributed by atoms with Crippen LogP contribution in [0, 0.1) is 0 Å². The molecule has 24 heavy (non-hydrogen) atoms. The lowest BCUT2D eigenvalue weighted by molar-refractivity contribution is -0.121. The average Bonchev–Trinajstić information content (AvgIpc) is 2.85. The Morgan fingerprint density at radius 1 is 1.04 bits per heavy atom. The Hall–Kier alpha value is -3.15. The largest absolute Gasteiger partial charge is 0.497 e. The third-order valence-corrected chi connectivity index (χ3v) is 4.05. The summed E-state index contributed by atoms with van der Waals surface area (Å²) < 4.78 is 5.09. The normalized spacial score (nSPS) is 14.5. The zero-order valence-electron chi connectivity index (χ0n) is 13.1. The van der Waals surface area contributed by atoms with Crippen LogP contribution in [0.3, 0.4) is 0 Å². The van der Waals surface area contributed by atoms with Crippen molar-refractivity contribution in [1.82, 2.24) is 4.90 Å². The maximum Gasteiger partial charge on any atom is 0.262 e. The summed E-state index contributed by atoms with van der Waals surface area (Å²) in [5.74, 6) is -1.03. The smallest absolute Gasteiger partial charge is 0.262 e. The summed E-state index contributed by atoms with van der Waals surface area (Å²) in [4.78, 5) is 37.9. The van der Waals surface area contributed by atoms with Gasteiger partial charge in [-0.1, -0.05) is 24.3 Å². The molecule has 0 spiro atoms. The summed E-state index contributed by atoms with van der Waals surface area (Å²) >= 11 is 0. The van der Waals surface area contributed by atoms with Crippen LogP contribution in [-0.4, -0.2) is 35.8 Å². The van der Waals surface area contributed by atoms with Crippen molar-refractivity contribution in [2.45, 2.75) is 12.5 Å². The minimum absolute atomic E-state index is 0.158. The number of benzene rings is 2. The number of fused-ring (bicyclic) bond motifs is 1. The van der Waals surface area contributed by atoms with Gasteiger partial charge in [0.15, 0.2) is 0 Å². The summed E-state index contributed by atoms with van der Waals surface area (Å²) in [7, 11) is 1.56. The molecule has 0 saturated heterocycles. The fraction of sp³-hybridized carbons (Fsp3) is 0.167. The zero-order valence-corrected chi connectivity index (χ0v) is 13.1. The Morgan fingerprint density at radius 3 is 2.04 bits per heavy atom. The molecule has 0 saturated carbocycles. The van der Waals surface area contributed by atoms with Crippen LogP contribution in [-0.2, 0) is 11.2 Å². The molecule has 6 nitrogen and oxygen atoms in total. The molecule has 6 heteroatoms. The van der Waals surface area contributed by atoms with Gasteiger partial charge < -0.3 is 10.5 Å². The number of carbonyl (C=O) groups is 3. The van der Waals surface area contributed by atoms with E-state index in [-0.39, 0.29) is 6.42 Å². The molecule has 3 amide bonds. The van der Waals surface area contributed by atoms with E-state index in [9.17, 15) is 14.4 Å². The van der Waals surface area contributed by atoms with Crippen molar-refractivity contribution in [2.24, 2.45) is 5.73 Å². The van der Waals surface area contributed by atoms with E-state index < -0.39 is 23.8 Å². The molecule has 1 atom stereocenters. The number of nitrogens with two attached hydrogens (primary N) is 1. The molecular formula is C18H16N2O4. The first-order valence-electron chi connectivity index (χ1n) is 7.42. The molecule has 0 aromatic heterocycles. The molecule has 2 aromatic rings. The number of carbonyl (C=O) groups excluding carboxylic acids is 3. The Morgan fingerprint density at radius 2 is 1.58 bits per heavy atom. The van der Waals surface area contributed by atoms with E-state index in [1.54, 1.807) is 55.6 Å². The van der Waals surface area contributed by atoms with Crippen LogP contribution in [0.2, 0.25) is 0 Å². The van der Waals surface area contributed by atoms with Gasteiger partial charge in [0.1, 0.15) is 11.8 Å². The average molecular weight is 324 g/mol. The van der Waals surface area contributed by atoms with Gasteiger partial charge in [0.05, 0.1) is 18.2 Å². The van der Waals surface area contributed by atoms with Crippen molar-refractivity contribution in [1.29, 1.82) is 0 Å². The summed E-state index contributed by atoms with van der Waals surface area (Å²) in [5.41, 5.74) is 6.83. The fourth-order valence-corrected chi connectivity index (χ4v) is 2.79. The van der Waals surface area contributed by atoms with Gasteiger partial charge >= 0.3 is 0 Å². The number of methoxy groups -OCH3 is 1. The highest BCUT2D eigenvalue weighted by Crippen LogP contribution is 2.26. The topological polar surface area (TPSA) is 89.7 Å². The molecule has 0 fully saturated rings. The van der Waals surface area contributed by atoms with Crippen molar-refractivity contribution < 1.29 is 19.1 Å². The van der Waals surface area contributed by atoms with E-state index in [0.717, 1.165) is 10.5 Å². The quantitative estimate of drug-likeness (QED) is 0.842. The maximum atomic E-state index is 12.5. The van der Waals surface area contributed by atoms with E-state index in [1.165, 1.54) is 0 Å². The van der Waals surface area contributed by atoms with Crippen molar-refractivity contribution >= 4 is 17.7 Å². The lowest BCUT2D eigenvalue weighted by atomic mass is 10.0. The Balaban J connectivity index is 1.90. The second kappa shape index (κ2) is 6.16. The lowest BCUT2D eigenvalue weighted by Crippen LogP contribution is -2.49. The van der Waals surface area contributed by atoms with Gasteiger partial charge in [-0.15, -0.1) is 0 Å². The van der Waals surface area contributed by atoms with Gasteiger partial charge in [-0.25, -0.2) is 0 Å². The van der Waals surface area contributed by atoms with E-state index in [0.29, 0.717) is 16.9 Å². The monoisotopic (exact) mass is 324 g/mol. The Labute approximate surface area is 138 Å². The second-order valence-electron chi connectivity index (χ2n) is 5.50. The molecule has 122 valence electrons. The number of rotatable bonds is 5. The third kappa shape index (κ3) is 2.62. The molecule has 1 heterocycles. The molecule has 1 aliphatic heterocycles. The van der Waals surface area contributed by atoms with Gasteiger partial charge in [-0.2, -0.15) is 0 Å². The highest BCUT2D eigenvalue weighted by molar-refractivity contribution is 6.22. The number of hydrogen-bond acceptors (Lipinski definition) is 4. The first kappa shape index (κ1) is 15.7. The second-order valence-corrected chi connectivity index (χ2v) is 5.50. The van der Waals surface area contributed by atoms with Crippen molar-refractivity contribution in [2.75, 3.05) is 7.11 Å². The van der Waals surface area contributed by atoms with Gasteiger partial charge in [-0.05, 0) is 29.8 Å². The van der Waals surface area contributed by atoms with Crippen LogP contribution >= 0.6 is 0 Å². The first-order chi connectivity index (χ1) is 11.5. The maximum absolute atomic E-state index is 12.5. The summed E-state index contributed by atoms with van der Waals surface area (Å²) in [6.45, 7) is 0. The number of primary amides is 1. The van der Waals surface area contributed by atoms with Crippen LogP contribution in [0.25, 0.3) is 0 Å². The lowest BCUT2D eigenvalue weighted by Gasteiger charge is -2.23. The fourth-order valence-electron chi connectivity index (χ4n) is 2.79. The number of amides is 3. The number of nitrogens with zero attached hydrogens (tertiary/aromatic N) is 1. The molecule has 0 radical (unpaired) electrons. The highest BCUT2D eigenvalue weighted by Gasteiger charge is 2.41. The summed E-state index contributed by atoms with van der Waals surface area (Å²) in [5, 5.41) is 0. The Bertz CT molecular complexity index is 779. The molecule has 0 aliphatic carbocycles. The Kier molecular flexibility index (Phi) is 4.04. The molecule has 1 aliphatic rings. The van der Waals surface area contributed by atoms with Gasteiger partial charge in [-0.3, -0.25) is 19.3 Å². The number of imide groups is 1. The van der Waals surface area contributed by atoms with Crippen molar-refractivity contribution in [3.8, 4) is 5.75 Å². The van der Waals surface area contributed by atoms with Crippen LogP contribution in [0.5, 0.6) is 5.75 Å². The predicted octanol–water partition coefficient (Wildman–Crippen LogP) is 1.39. The molecular weight excluding hydrogens is 308 g/mol. The van der Waals surface area contributed by atoms with Crippen molar-refractivity contribution in [3.63, 3.8) is 0 Å². The van der Waals surface area contributed by atoms with Gasteiger partial charge in [0.25, 0.3) is 11.8 Å². The van der Waals surface area contributed by atoms with Crippen molar-refractivity contribution in [3.05, 3.63) is 65.2 Å². The zero-order chi connectivity index (χ0) is 17.3. The van der Waals surface area contributed by atoms with Gasteiger partial charge in [0, 0.05) is 6.42 Å². The van der Waals surface area contributed by atoms with Crippen LogP contribution in [0.1, 0.15) is 26.3 Å². The number of ether oxygens (including phenoxy) is 1. The minimum Gasteiger partial charge on any atom is -0.497 e. The van der Waals surface area contributed by atoms with E-state index >= 15 is 0 Å². The molecule has 2 aromatic carbocycles. The molecule has 0 bridgehead atoms. The highest BCUT2D eigenvalue weighted by atomic mass is 16.5. The van der Waals surface area contributed by atoms with Crippen LogP contribution < -0.4 is 10.5 Å². The first-order valence-corrected chi connectivity index (χ1v) is 7.42. The van der Waals surface area contributed by atoms with Gasteiger partial charge in [0.2, 0.25) is 5.91 Å². The number of hydrogen-bond donors (Lipinski definition) is 1. The molecule has 0 unspecified atom stereocenters.